The summed E-state index contributed by atoms with van der Waals surface area (Å²) in [4.78, 5) is 12.9. The summed E-state index contributed by atoms with van der Waals surface area (Å²) in [6.45, 7) is 0. The van der Waals surface area contributed by atoms with Crippen molar-refractivity contribution in [1.29, 1.82) is 0 Å². The molecule has 0 atom stereocenters. The third-order valence-electron chi connectivity index (χ3n) is 4.84. The van der Waals surface area contributed by atoms with Gasteiger partial charge in [0.05, 0.1) is 23.4 Å². The maximum atomic E-state index is 12.9. The number of carbonyl (C=O) groups is 1. The summed E-state index contributed by atoms with van der Waals surface area (Å²) in [5, 5.41) is 13.0. The minimum atomic E-state index is -3.83. The van der Waals surface area contributed by atoms with Gasteiger partial charge in [0.25, 0.3) is 5.91 Å². The van der Waals surface area contributed by atoms with E-state index in [0.717, 1.165) is 5.56 Å². The van der Waals surface area contributed by atoms with Crippen molar-refractivity contribution in [3.63, 3.8) is 0 Å². The number of anilines is 1. The van der Waals surface area contributed by atoms with Crippen LogP contribution in [0, 0.1) is 0 Å². The van der Waals surface area contributed by atoms with Crippen molar-refractivity contribution in [2.75, 3.05) is 12.4 Å². The molecule has 3 aromatic carbocycles. The van der Waals surface area contributed by atoms with Crippen molar-refractivity contribution in [2.24, 2.45) is 5.14 Å². The van der Waals surface area contributed by atoms with Gasteiger partial charge in [-0.25, -0.2) is 18.2 Å². The van der Waals surface area contributed by atoms with E-state index in [4.69, 9.17) is 21.5 Å². The lowest BCUT2D eigenvalue weighted by Gasteiger charge is -2.08. The minimum Gasteiger partial charge on any atom is -0.497 e. The van der Waals surface area contributed by atoms with Gasteiger partial charge in [0.2, 0.25) is 10.0 Å². The molecule has 0 radical (unpaired) electrons. The van der Waals surface area contributed by atoms with E-state index >= 15 is 0 Å². The first-order valence-electron chi connectivity index (χ1n) is 9.69. The molecule has 0 aliphatic heterocycles. The van der Waals surface area contributed by atoms with Gasteiger partial charge in [-0.15, -0.1) is 0 Å². The van der Waals surface area contributed by atoms with Crippen molar-refractivity contribution in [3.05, 3.63) is 89.6 Å². The largest absolute Gasteiger partial charge is 0.497 e. The summed E-state index contributed by atoms with van der Waals surface area (Å²) < 4.78 is 29.9. The molecule has 0 saturated carbocycles. The van der Waals surface area contributed by atoms with Gasteiger partial charge in [0.1, 0.15) is 5.75 Å². The van der Waals surface area contributed by atoms with Gasteiger partial charge in [-0.05, 0) is 66.7 Å². The van der Waals surface area contributed by atoms with Crippen LogP contribution in [0.2, 0.25) is 5.02 Å². The summed E-state index contributed by atoms with van der Waals surface area (Å²) in [7, 11) is -2.27. The van der Waals surface area contributed by atoms with Crippen molar-refractivity contribution in [3.8, 4) is 22.7 Å². The molecule has 0 saturated heterocycles. The zero-order valence-electron chi connectivity index (χ0n) is 17.4. The summed E-state index contributed by atoms with van der Waals surface area (Å²) >= 11 is 6.02. The molecule has 0 aliphatic rings. The number of hydrogen-bond donors (Lipinski definition) is 2. The molecule has 10 heteroatoms. The van der Waals surface area contributed by atoms with Crippen LogP contribution < -0.4 is 15.2 Å². The quantitative estimate of drug-likeness (QED) is 0.429. The van der Waals surface area contributed by atoms with E-state index in [2.05, 4.69) is 10.4 Å². The highest BCUT2D eigenvalue weighted by molar-refractivity contribution is 7.89. The number of primary sulfonamides is 1. The zero-order chi connectivity index (χ0) is 23.6. The highest BCUT2D eigenvalue weighted by Gasteiger charge is 2.18. The van der Waals surface area contributed by atoms with Crippen LogP contribution in [0.15, 0.2) is 83.8 Å². The van der Waals surface area contributed by atoms with Crippen LogP contribution in [0.3, 0.4) is 0 Å². The lowest BCUT2D eigenvalue weighted by Crippen LogP contribution is -2.13. The molecule has 1 aromatic heterocycles. The molecule has 3 N–H and O–H groups in total. The van der Waals surface area contributed by atoms with E-state index in [1.165, 1.54) is 12.1 Å². The first kappa shape index (κ1) is 22.5. The number of carbonyl (C=O) groups excluding carboxylic acids is 1. The van der Waals surface area contributed by atoms with E-state index in [0.29, 0.717) is 27.8 Å². The minimum absolute atomic E-state index is 0.0241. The van der Waals surface area contributed by atoms with Gasteiger partial charge in [-0.3, -0.25) is 4.79 Å². The SMILES string of the molecule is COc1ccc(NC(=O)c2cc(-c3ccc(Cl)cc3)n(-c3ccc(S(N)(=O)=O)cc3)n2)cc1. The topological polar surface area (TPSA) is 116 Å². The van der Waals surface area contributed by atoms with Crippen LogP contribution in [0.4, 0.5) is 5.69 Å². The molecule has 0 spiro atoms. The molecule has 4 rings (SSSR count). The summed E-state index contributed by atoms with van der Waals surface area (Å²) in [6.07, 6.45) is 0. The first-order chi connectivity index (χ1) is 15.7. The number of hydrogen-bond acceptors (Lipinski definition) is 5. The molecule has 33 heavy (non-hydrogen) atoms. The van der Waals surface area contributed by atoms with Crippen LogP contribution in [0.1, 0.15) is 10.5 Å². The maximum absolute atomic E-state index is 12.9. The molecule has 1 amide bonds. The Kier molecular flexibility index (Phi) is 6.19. The third kappa shape index (κ3) is 5.06. The highest BCUT2D eigenvalue weighted by Crippen LogP contribution is 2.27. The van der Waals surface area contributed by atoms with Crippen LogP contribution in [0.25, 0.3) is 16.9 Å². The first-order valence-corrected chi connectivity index (χ1v) is 11.6. The predicted octanol–water partition coefficient (Wildman–Crippen LogP) is 4.10. The molecule has 1 heterocycles. The highest BCUT2D eigenvalue weighted by atomic mass is 35.5. The molecule has 0 bridgehead atoms. The third-order valence-corrected chi connectivity index (χ3v) is 6.02. The fourth-order valence-electron chi connectivity index (χ4n) is 3.16. The maximum Gasteiger partial charge on any atom is 0.276 e. The number of methoxy groups -OCH3 is 1. The van der Waals surface area contributed by atoms with Gasteiger partial charge >= 0.3 is 0 Å². The second kappa shape index (κ2) is 9.07. The van der Waals surface area contributed by atoms with E-state index < -0.39 is 15.9 Å². The molecular weight excluding hydrogens is 464 g/mol. The molecule has 0 aliphatic carbocycles. The zero-order valence-corrected chi connectivity index (χ0v) is 19.0. The van der Waals surface area contributed by atoms with Crippen LogP contribution >= 0.6 is 11.6 Å². The molecule has 168 valence electrons. The van der Waals surface area contributed by atoms with Gasteiger partial charge in [0, 0.05) is 16.3 Å². The molecule has 0 unspecified atom stereocenters. The van der Waals surface area contributed by atoms with Gasteiger partial charge in [-0.1, -0.05) is 23.7 Å². The second-order valence-electron chi connectivity index (χ2n) is 7.06. The number of benzene rings is 3. The number of sulfonamides is 1. The lowest BCUT2D eigenvalue weighted by atomic mass is 10.1. The Bertz CT molecular complexity index is 1400. The van der Waals surface area contributed by atoms with E-state index in [1.807, 2.05) is 0 Å². The molecular formula is C23H19ClN4O4S. The van der Waals surface area contributed by atoms with E-state index in [1.54, 1.807) is 78.5 Å². The summed E-state index contributed by atoms with van der Waals surface area (Å²) in [5.41, 5.74) is 2.70. The Morgan fingerprint density at radius 2 is 1.64 bits per heavy atom. The van der Waals surface area contributed by atoms with Crippen LogP contribution in [-0.4, -0.2) is 31.2 Å². The normalized spacial score (nSPS) is 11.2. The Labute approximate surface area is 195 Å². The van der Waals surface area contributed by atoms with Crippen molar-refractivity contribution in [2.45, 2.75) is 4.90 Å². The van der Waals surface area contributed by atoms with Crippen LogP contribution in [-0.2, 0) is 10.0 Å². The van der Waals surface area contributed by atoms with Crippen molar-refractivity contribution in [1.82, 2.24) is 9.78 Å². The Balaban J connectivity index is 1.73. The summed E-state index contributed by atoms with van der Waals surface area (Å²) in [5.74, 6) is 0.264. The summed E-state index contributed by atoms with van der Waals surface area (Å²) in [6, 6.07) is 21.5. The number of halogens is 1. The lowest BCUT2D eigenvalue weighted by molar-refractivity contribution is 0.102. The van der Waals surface area contributed by atoms with Crippen molar-refractivity contribution >= 4 is 33.2 Å². The number of amides is 1. The molecule has 0 fully saturated rings. The monoisotopic (exact) mass is 482 g/mol. The number of nitrogens with two attached hydrogens (primary N) is 1. The van der Waals surface area contributed by atoms with Gasteiger partial charge in [0.15, 0.2) is 5.69 Å². The second-order valence-corrected chi connectivity index (χ2v) is 9.05. The fraction of sp³-hybridized carbons (Fsp3) is 0.0435. The molecule has 4 aromatic rings. The van der Waals surface area contributed by atoms with E-state index in [-0.39, 0.29) is 10.6 Å². The smallest absolute Gasteiger partial charge is 0.276 e. The van der Waals surface area contributed by atoms with Gasteiger partial charge in [-0.2, -0.15) is 5.10 Å². The Hall–Kier alpha value is -3.66. The predicted molar refractivity (Wildman–Crippen MR) is 126 cm³/mol. The Morgan fingerprint density at radius 3 is 2.21 bits per heavy atom. The van der Waals surface area contributed by atoms with Crippen LogP contribution in [0.5, 0.6) is 5.75 Å². The van der Waals surface area contributed by atoms with E-state index in [9.17, 15) is 13.2 Å². The standard InChI is InChI=1S/C23H19ClN4O4S/c1-32-19-10-6-17(7-11-19)26-23(29)21-14-22(15-2-4-16(24)5-3-15)28(27-21)18-8-12-20(13-9-18)33(25,30)31/h2-14H,1H3,(H,26,29)(H2,25,30,31). The number of nitrogens with one attached hydrogen (secondary N) is 1. The fourth-order valence-corrected chi connectivity index (χ4v) is 3.80. The van der Waals surface area contributed by atoms with Crippen molar-refractivity contribution < 1.29 is 17.9 Å². The van der Waals surface area contributed by atoms with Gasteiger partial charge < -0.3 is 10.1 Å². The average Bonchev–Trinajstić information content (AvgIpc) is 3.25. The average molecular weight is 483 g/mol. The number of aromatic nitrogens is 2. The molecule has 8 nitrogen and oxygen atoms in total. The number of ether oxygens (including phenoxy) is 1. The number of nitrogens with zero attached hydrogens (tertiary/aromatic N) is 2. The Morgan fingerprint density at radius 1 is 1.00 bits per heavy atom. The number of rotatable bonds is 6.